The van der Waals surface area contributed by atoms with Crippen LogP contribution in [0.4, 0.5) is 0 Å². The third-order valence-electron chi connectivity index (χ3n) is 4.94. The Kier molecular flexibility index (Phi) is 4.82. The molecule has 0 aromatic carbocycles. The fourth-order valence-electron chi connectivity index (χ4n) is 3.47. The van der Waals surface area contributed by atoms with Gasteiger partial charge in [0.2, 0.25) is 0 Å². The van der Waals surface area contributed by atoms with Gasteiger partial charge in [-0.05, 0) is 48.9 Å². The Morgan fingerprint density at radius 3 is 2.22 bits per heavy atom. The first-order chi connectivity index (χ1) is 8.21. The molecule has 0 aromatic rings. The highest BCUT2D eigenvalue weighted by molar-refractivity contribution is 5.67. The molecule has 1 fully saturated rings. The zero-order valence-electron chi connectivity index (χ0n) is 12.3. The summed E-state index contributed by atoms with van der Waals surface area (Å²) in [7, 11) is 0. The summed E-state index contributed by atoms with van der Waals surface area (Å²) in [4.78, 5) is 11.1. The van der Waals surface area contributed by atoms with Crippen LogP contribution in [-0.2, 0) is 4.79 Å². The molecule has 3 N–H and O–H groups in total. The van der Waals surface area contributed by atoms with Crippen molar-refractivity contribution in [2.24, 2.45) is 22.5 Å². The monoisotopic (exact) mass is 255 g/mol. The van der Waals surface area contributed by atoms with Gasteiger partial charge in [-0.2, -0.15) is 0 Å². The minimum absolute atomic E-state index is 0.0227. The molecule has 0 bridgehead atoms. The molecule has 0 spiro atoms. The summed E-state index contributed by atoms with van der Waals surface area (Å²) in [6, 6.07) is 0.0227. The van der Waals surface area contributed by atoms with Gasteiger partial charge in [-0.25, -0.2) is 0 Å². The number of hydrogen-bond donors (Lipinski definition) is 2. The van der Waals surface area contributed by atoms with Gasteiger partial charge < -0.3 is 10.8 Å². The largest absolute Gasteiger partial charge is 0.481 e. The Morgan fingerprint density at radius 1 is 1.39 bits per heavy atom. The summed E-state index contributed by atoms with van der Waals surface area (Å²) in [5, 5.41) is 9.15. The van der Waals surface area contributed by atoms with Gasteiger partial charge in [-0.1, -0.05) is 27.7 Å². The Labute approximate surface area is 111 Å². The van der Waals surface area contributed by atoms with E-state index in [0.29, 0.717) is 11.3 Å². The fourth-order valence-corrected chi connectivity index (χ4v) is 3.47. The number of hydrogen-bond acceptors (Lipinski definition) is 2. The van der Waals surface area contributed by atoms with Crippen LogP contribution in [0.5, 0.6) is 0 Å². The number of carboxylic acids is 1. The summed E-state index contributed by atoms with van der Waals surface area (Å²) < 4.78 is 0. The molecule has 0 heterocycles. The molecule has 0 aliphatic heterocycles. The molecule has 3 nitrogen and oxygen atoms in total. The van der Waals surface area contributed by atoms with Crippen LogP contribution in [-0.4, -0.2) is 17.1 Å². The fraction of sp³-hybridized carbons (Fsp3) is 0.933. The Balaban J connectivity index is 2.76. The predicted octanol–water partition coefficient (Wildman–Crippen LogP) is 3.42. The van der Waals surface area contributed by atoms with E-state index < -0.39 is 5.97 Å². The van der Waals surface area contributed by atoms with Crippen molar-refractivity contribution in [3.05, 3.63) is 0 Å². The van der Waals surface area contributed by atoms with Gasteiger partial charge in [0.25, 0.3) is 0 Å². The molecule has 18 heavy (non-hydrogen) atoms. The lowest BCUT2D eigenvalue weighted by Gasteiger charge is -2.46. The molecule has 0 amide bonds. The van der Waals surface area contributed by atoms with Crippen LogP contribution in [0.3, 0.4) is 0 Å². The maximum atomic E-state index is 11.1. The van der Waals surface area contributed by atoms with E-state index in [1.807, 2.05) is 0 Å². The van der Waals surface area contributed by atoms with Crippen molar-refractivity contribution >= 4 is 5.97 Å². The topological polar surface area (TPSA) is 63.3 Å². The van der Waals surface area contributed by atoms with Gasteiger partial charge in [-0.15, -0.1) is 0 Å². The van der Waals surface area contributed by atoms with Gasteiger partial charge in [0.15, 0.2) is 0 Å². The highest BCUT2D eigenvalue weighted by Gasteiger charge is 2.43. The highest BCUT2D eigenvalue weighted by atomic mass is 16.4. The zero-order chi connectivity index (χ0) is 14.0. The van der Waals surface area contributed by atoms with E-state index >= 15 is 0 Å². The second-order valence-electron chi connectivity index (χ2n) is 7.09. The van der Waals surface area contributed by atoms with Crippen molar-refractivity contribution in [3.8, 4) is 0 Å². The molecule has 0 radical (unpaired) electrons. The molecular formula is C15H29NO2. The average molecular weight is 255 g/mol. The summed E-state index contributed by atoms with van der Waals surface area (Å²) in [5.41, 5.74) is 6.38. The molecule has 3 heteroatoms. The number of rotatable bonds is 4. The van der Waals surface area contributed by atoms with Crippen molar-refractivity contribution in [1.82, 2.24) is 0 Å². The minimum atomic E-state index is -0.701. The normalized spacial score (nSPS) is 31.1. The second-order valence-corrected chi connectivity index (χ2v) is 7.09. The zero-order valence-corrected chi connectivity index (χ0v) is 12.3. The Bertz CT molecular complexity index is 285. The van der Waals surface area contributed by atoms with Gasteiger partial charge in [0.05, 0.1) is 6.42 Å². The molecular weight excluding hydrogens is 226 g/mol. The lowest BCUT2D eigenvalue weighted by atomic mass is 9.60. The van der Waals surface area contributed by atoms with Crippen LogP contribution >= 0.6 is 0 Å². The highest BCUT2D eigenvalue weighted by Crippen LogP contribution is 2.48. The standard InChI is InChI=1S/C15H29NO2/c1-5-12(16)15(10-13(17)18)8-6-11(7-9-15)14(2,3)4/h11-12H,5-10,16H2,1-4H3,(H,17,18). The number of carboxylic acid groups (broad SMARTS) is 1. The van der Waals surface area contributed by atoms with E-state index in [9.17, 15) is 4.79 Å². The van der Waals surface area contributed by atoms with Crippen LogP contribution in [0.25, 0.3) is 0 Å². The molecule has 0 aromatic heterocycles. The first kappa shape index (κ1) is 15.5. The van der Waals surface area contributed by atoms with E-state index in [1.165, 1.54) is 0 Å². The van der Waals surface area contributed by atoms with E-state index in [2.05, 4.69) is 27.7 Å². The lowest BCUT2D eigenvalue weighted by molar-refractivity contribution is -0.141. The van der Waals surface area contributed by atoms with Crippen LogP contribution in [0.15, 0.2) is 0 Å². The van der Waals surface area contributed by atoms with Crippen molar-refractivity contribution < 1.29 is 9.90 Å². The van der Waals surface area contributed by atoms with Crippen molar-refractivity contribution in [1.29, 1.82) is 0 Å². The van der Waals surface area contributed by atoms with E-state index in [-0.39, 0.29) is 17.9 Å². The first-order valence-electron chi connectivity index (χ1n) is 7.18. The maximum Gasteiger partial charge on any atom is 0.303 e. The second kappa shape index (κ2) is 5.60. The van der Waals surface area contributed by atoms with E-state index in [0.717, 1.165) is 32.1 Å². The first-order valence-corrected chi connectivity index (χ1v) is 7.18. The summed E-state index contributed by atoms with van der Waals surface area (Å²) >= 11 is 0. The maximum absolute atomic E-state index is 11.1. The van der Waals surface area contributed by atoms with Crippen molar-refractivity contribution in [3.63, 3.8) is 0 Å². The molecule has 1 saturated carbocycles. The van der Waals surface area contributed by atoms with E-state index in [4.69, 9.17) is 10.8 Å². The quantitative estimate of drug-likeness (QED) is 0.809. The van der Waals surface area contributed by atoms with Gasteiger partial charge in [-0.3, -0.25) is 4.79 Å². The Morgan fingerprint density at radius 2 is 1.89 bits per heavy atom. The van der Waals surface area contributed by atoms with Gasteiger partial charge in [0, 0.05) is 6.04 Å². The SMILES string of the molecule is CCC(N)C1(CC(=O)O)CCC(C(C)(C)C)CC1. The van der Waals surface area contributed by atoms with Crippen molar-refractivity contribution in [2.75, 3.05) is 0 Å². The average Bonchev–Trinajstić information content (AvgIpc) is 2.26. The molecule has 106 valence electrons. The minimum Gasteiger partial charge on any atom is -0.481 e. The van der Waals surface area contributed by atoms with Gasteiger partial charge >= 0.3 is 5.97 Å². The van der Waals surface area contributed by atoms with Crippen LogP contribution < -0.4 is 5.73 Å². The van der Waals surface area contributed by atoms with Gasteiger partial charge in [0.1, 0.15) is 0 Å². The van der Waals surface area contributed by atoms with Crippen LogP contribution in [0.2, 0.25) is 0 Å². The number of carbonyl (C=O) groups is 1. The number of aliphatic carboxylic acids is 1. The summed E-state index contributed by atoms with van der Waals surface area (Å²) in [5.74, 6) is -0.00316. The van der Waals surface area contributed by atoms with Crippen LogP contribution in [0, 0.1) is 16.7 Å². The molecule has 1 unspecified atom stereocenters. The third kappa shape index (κ3) is 3.47. The van der Waals surface area contributed by atoms with Crippen molar-refractivity contribution in [2.45, 2.75) is 72.3 Å². The molecule has 1 aliphatic carbocycles. The smallest absolute Gasteiger partial charge is 0.303 e. The van der Waals surface area contributed by atoms with E-state index in [1.54, 1.807) is 0 Å². The molecule has 1 atom stereocenters. The number of nitrogens with two attached hydrogens (primary N) is 1. The summed E-state index contributed by atoms with van der Waals surface area (Å²) in [6.07, 6.45) is 5.27. The molecule has 0 saturated heterocycles. The molecule has 1 aliphatic rings. The summed E-state index contributed by atoms with van der Waals surface area (Å²) in [6.45, 7) is 8.90. The predicted molar refractivity (Wildman–Crippen MR) is 74.4 cm³/mol. The lowest BCUT2D eigenvalue weighted by Crippen LogP contribution is -2.46. The third-order valence-corrected chi connectivity index (χ3v) is 4.94. The Hall–Kier alpha value is -0.570. The molecule has 1 rings (SSSR count). The van der Waals surface area contributed by atoms with Crippen LogP contribution in [0.1, 0.15) is 66.2 Å².